The van der Waals surface area contributed by atoms with E-state index in [1.54, 1.807) is 40.9 Å². The second kappa shape index (κ2) is 9.60. The normalized spacial score (nSPS) is 13.0. The number of fused-ring (bicyclic) bond motifs is 1. The number of anilines is 3. The standard InChI is InChI=1S/C22H25N3O3S/c1-15(2)22(28)24-17-7-5-6-16(14-17)23-20(26)10-11-21(27)25-12-13-29-19-9-4-3-8-18(19)25/h3-9,14-15H,10-13H2,1-2H3,(H,23,26)(H,24,28). The molecule has 1 aliphatic rings. The number of para-hydroxylation sites is 1. The maximum Gasteiger partial charge on any atom is 0.227 e. The van der Waals surface area contributed by atoms with Crippen LogP contribution in [-0.2, 0) is 14.4 Å². The molecule has 2 N–H and O–H groups in total. The van der Waals surface area contributed by atoms with Crippen LogP contribution in [0, 0.1) is 5.92 Å². The molecule has 0 bridgehead atoms. The lowest BCUT2D eigenvalue weighted by molar-refractivity contribution is -0.122. The third-order valence-corrected chi connectivity index (χ3v) is 5.58. The lowest BCUT2D eigenvalue weighted by Gasteiger charge is -2.29. The predicted molar refractivity (Wildman–Crippen MR) is 117 cm³/mol. The summed E-state index contributed by atoms with van der Waals surface area (Å²) in [6.07, 6.45) is 0.252. The van der Waals surface area contributed by atoms with E-state index in [0.717, 1.165) is 16.3 Å². The molecule has 0 atom stereocenters. The van der Waals surface area contributed by atoms with E-state index >= 15 is 0 Å². The molecule has 0 spiro atoms. The van der Waals surface area contributed by atoms with Gasteiger partial charge in [-0.15, -0.1) is 11.8 Å². The molecule has 7 heteroatoms. The van der Waals surface area contributed by atoms with Gasteiger partial charge in [0.1, 0.15) is 0 Å². The summed E-state index contributed by atoms with van der Waals surface area (Å²) in [7, 11) is 0. The van der Waals surface area contributed by atoms with Gasteiger partial charge in [-0.25, -0.2) is 0 Å². The van der Waals surface area contributed by atoms with E-state index in [1.807, 2.05) is 38.1 Å². The quantitative estimate of drug-likeness (QED) is 0.749. The Bertz CT molecular complexity index is 914. The molecule has 6 nitrogen and oxygen atoms in total. The van der Waals surface area contributed by atoms with Crippen molar-refractivity contribution in [2.75, 3.05) is 27.8 Å². The van der Waals surface area contributed by atoms with Crippen molar-refractivity contribution in [2.45, 2.75) is 31.6 Å². The van der Waals surface area contributed by atoms with Crippen LogP contribution < -0.4 is 15.5 Å². The first-order valence-electron chi connectivity index (χ1n) is 9.67. The van der Waals surface area contributed by atoms with E-state index < -0.39 is 0 Å². The Morgan fingerprint density at radius 2 is 1.72 bits per heavy atom. The van der Waals surface area contributed by atoms with Crippen molar-refractivity contribution >= 4 is 46.5 Å². The number of hydrogen-bond donors (Lipinski definition) is 2. The minimum atomic E-state index is -0.231. The largest absolute Gasteiger partial charge is 0.326 e. The number of nitrogens with zero attached hydrogens (tertiary/aromatic N) is 1. The number of carbonyl (C=O) groups is 3. The number of rotatable bonds is 6. The average Bonchev–Trinajstić information content (AvgIpc) is 2.71. The zero-order valence-electron chi connectivity index (χ0n) is 16.6. The number of carbonyl (C=O) groups excluding carboxylic acids is 3. The molecule has 29 heavy (non-hydrogen) atoms. The molecule has 3 amide bonds. The van der Waals surface area contributed by atoms with Crippen LogP contribution in [0.2, 0.25) is 0 Å². The summed E-state index contributed by atoms with van der Waals surface area (Å²) in [6, 6.07) is 14.8. The maximum absolute atomic E-state index is 12.6. The Balaban J connectivity index is 1.54. The van der Waals surface area contributed by atoms with Crippen LogP contribution in [0.4, 0.5) is 17.1 Å². The molecule has 1 aliphatic heterocycles. The van der Waals surface area contributed by atoms with Gasteiger partial charge < -0.3 is 15.5 Å². The predicted octanol–water partition coefficient (Wildman–Crippen LogP) is 4.14. The minimum absolute atomic E-state index is 0.0501. The topological polar surface area (TPSA) is 78.5 Å². The number of amides is 3. The van der Waals surface area contributed by atoms with Gasteiger partial charge in [0.25, 0.3) is 0 Å². The molecule has 0 saturated carbocycles. The van der Waals surface area contributed by atoms with Crippen molar-refractivity contribution in [3.05, 3.63) is 48.5 Å². The fraction of sp³-hybridized carbons (Fsp3) is 0.318. The van der Waals surface area contributed by atoms with Gasteiger partial charge >= 0.3 is 0 Å². The summed E-state index contributed by atoms with van der Waals surface area (Å²) in [5, 5.41) is 5.60. The van der Waals surface area contributed by atoms with Gasteiger partial charge in [0.2, 0.25) is 17.7 Å². The van der Waals surface area contributed by atoms with Gasteiger partial charge in [-0.3, -0.25) is 14.4 Å². The Hall–Kier alpha value is -2.80. The van der Waals surface area contributed by atoms with E-state index in [1.165, 1.54) is 0 Å². The summed E-state index contributed by atoms with van der Waals surface area (Å²) in [5.41, 5.74) is 2.13. The van der Waals surface area contributed by atoms with Crippen molar-refractivity contribution in [3.8, 4) is 0 Å². The Labute approximate surface area is 175 Å². The molecule has 3 rings (SSSR count). The number of nitrogens with one attached hydrogen (secondary N) is 2. The number of hydrogen-bond acceptors (Lipinski definition) is 4. The maximum atomic E-state index is 12.6. The van der Waals surface area contributed by atoms with E-state index in [0.29, 0.717) is 17.9 Å². The monoisotopic (exact) mass is 411 g/mol. The highest BCUT2D eigenvalue weighted by Crippen LogP contribution is 2.34. The summed E-state index contributed by atoms with van der Waals surface area (Å²) in [5.74, 6) is 0.358. The fourth-order valence-corrected chi connectivity index (χ4v) is 3.96. The third-order valence-electron chi connectivity index (χ3n) is 4.53. The molecule has 0 unspecified atom stereocenters. The molecule has 0 radical (unpaired) electrons. The zero-order valence-corrected chi connectivity index (χ0v) is 17.4. The van der Waals surface area contributed by atoms with E-state index in [2.05, 4.69) is 10.6 Å². The highest BCUT2D eigenvalue weighted by Gasteiger charge is 2.22. The van der Waals surface area contributed by atoms with Crippen molar-refractivity contribution in [2.24, 2.45) is 5.92 Å². The van der Waals surface area contributed by atoms with Crippen LogP contribution in [0.15, 0.2) is 53.4 Å². The zero-order chi connectivity index (χ0) is 20.8. The van der Waals surface area contributed by atoms with Gasteiger partial charge in [-0.1, -0.05) is 32.0 Å². The van der Waals surface area contributed by atoms with Gasteiger partial charge in [0.15, 0.2) is 0 Å². The molecule has 0 aliphatic carbocycles. The van der Waals surface area contributed by atoms with Gasteiger partial charge in [-0.2, -0.15) is 0 Å². The summed E-state index contributed by atoms with van der Waals surface area (Å²) >= 11 is 1.74. The highest BCUT2D eigenvalue weighted by molar-refractivity contribution is 7.99. The molecule has 1 heterocycles. The second-order valence-corrected chi connectivity index (χ2v) is 8.27. The summed E-state index contributed by atoms with van der Waals surface area (Å²) in [6.45, 7) is 4.29. The number of thioether (sulfide) groups is 1. The molecular weight excluding hydrogens is 386 g/mol. The van der Waals surface area contributed by atoms with Gasteiger partial charge in [0.05, 0.1) is 5.69 Å². The molecule has 2 aromatic carbocycles. The Morgan fingerprint density at radius 3 is 2.48 bits per heavy atom. The van der Waals surface area contributed by atoms with Crippen molar-refractivity contribution < 1.29 is 14.4 Å². The van der Waals surface area contributed by atoms with Gasteiger partial charge in [0, 0.05) is 47.3 Å². The lowest BCUT2D eigenvalue weighted by Crippen LogP contribution is -2.35. The summed E-state index contributed by atoms with van der Waals surface area (Å²) < 4.78 is 0. The van der Waals surface area contributed by atoms with E-state index in [9.17, 15) is 14.4 Å². The highest BCUT2D eigenvalue weighted by atomic mass is 32.2. The Kier molecular flexibility index (Phi) is 6.93. The van der Waals surface area contributed by atoms with E-state index in [-0.39, 0.29) is 36.5 Å². The first-order valence-corrected chi connectivity index (χ1v) is 10.7. The number of benzene rings is 2. The van der Waals surface area contributed by atoms with Crippen LogP contribution in [0.3, 0.4) is 0 Å². The molecule has 0 aromatic heterocycles. The first kappa shape index (κ1) is 20.9. The molecular formula is C22H25N3O3S. The third kappa shape index (κ3) is 5.60. The Morgan fingerprint density at radius 1 is 1.00 bits per heavy atom. The molecule has 0 saturated heterocycles. The fourth-order valence-electron chi connectivity index (χ4n) is 2.97. The first-order chi connectivity index (χ1) is 13.9. The molecule has 2 aromatic rings. The van der Waals surface area contributed by atoms with Gasteiger partial charge in [-0.05, 0) is 30.3 Å². The molecule has 152 valence electrons. The minimum Gasteiger partial charge on any atom is -0.326 e. The van der Waals surface area contributed by atoms with Crippen molar-refractivity contribution in [1.82, 2.24) is 0 Å². The van der Waals surface area contributed by atoms with Crippen LogP contribution in [0.1, 0.15) is 26.7 Å². The summed E-state index contributed by atoms with van der Waals surface area (Å²) in [4.78, 5) is 39.6. The van der Waals surface area contributed by atoms with Crippen molar-refractivity contribution in [1.29, 1.82) is 0 Å². The van der Waals surface area contributed by atoms with Crippen LogP contribution in [-0.4, -0.2) is 30.0 Å². The van der Waals surface area contributed by atoms with Crippen LogP contribution in [0.5, 0.6) is 0 Å². The lowest BCUT2D eigenvalue weighted by atomic mass is 10.2. The van der Waals surface area contributed by atoms with Crippen LogP contribution >= 0.6 is 11.8 Å². The molecule has 0 fully saturated rings. The van der Waals surface area contributed by atoms with E-state index in [4.69, 9.17) is 0 Å². The van der Waals surface area contributed by atoms with Crippen molar-refractivity contribution in [3.63, 3.8) is 0 Å². The SMILES string of the molecule is CC(C)C(=O)Nc1cccc(NC(=O)CCC(=O)N2CCSc3ccccc32)c1. The van der Waals surface area contributed by atoms with Crippen LogP contribution in [0.25, 0.3) is 0 Å². The smallest absolute Gasteiger partial charge is 0.227 e. The average molecular weight is 412 g/mol. The second-order valence-electron chi connectivity index (χ2n) is 7.13.